The molecule has 0 unspecified atom stereocenters. The number of hydrogen-bond acceptors (Lipinski definition) is 4. The Bertz CT molecular complexity index is 53.0. The fourth-order valence-corrected chi connectivity index (χ4v) is 0.619. The van der Waals surface area contributed by atoms with Gasteiger partial charge in [0.2, 0.25) is 0 Å². The lowest BCUT2D eigenvalue weighted by atomic mass is 10.4. The van der Waals surface area contributed by atoms with Gasteiger partial charge < -0.3 is 15.5 Å². The number of likely N-dealkylation sites (N-methyl/N-ethyl adjacent to an activating group) is 1. The Labute approximate surface area is 62.1 Å². The van der Waals surface area contributed by atoms with Gasteiger partial charge in [-0.25, -0.2) is 5.90 Å². The van der Waals surface area contributed by atoms with Crippen molar-refractivity contribution in [3.63, 3.8) is 0 Å². The van der Waals surface area contributed by atoms with Gasteiger partial charge in [0.25, 0.3) is 0 Å². The fraction of sp³-hybridized carbons (Fsp3) is 1.00. The Hall–Kier alpha value is -0.160. The van der Waals surface area contributed by atoms with Crippen molar-refractivity contribution in [2.75, 3.05) is 33.3 Å². The second-order valence-electron chi connectivity index (χ2n) is 2.08. The van der Waals surface area contributed by atoms with Crippen LogP contribution in [0.1, 0.15) is 6.42 Å². The minimum absolute atomic E-state index is 0.632. The van der Waals surface area contributed by atoms with Gasteiger partial charge in [0, 0.05) is 13.1 Å². The van der Waals surface area contributed by atoms with Crippen LogP contribution < -0.4 is 16.5 Å². The van der Waals surface area contributed by atoms with E-state index in [1.54, 1.807) is 0 Å². The third kappa shape index (κ3) is 7.84. The van der Waals surface area contributed by atoms with E-state index in [1.807, 2.05) is 7.05 Å². The third-order valence-electron chi connectivity index (χ3n) is 1.17. The average Bonchev–Trinajstić information content (AvgIpc) is 1.97. The van der Waals surface area contributed by atoms with Crippen LogP contribution in [0.3, 0.4) is 0 Å². The highest BCUT2D eigenvalue weighted by Gasteiger charge is 1.85. The van der Waals surface area contributed by atoms with Crippen molar-refractivity contribution in [3.05, 3.63) is 0 Å². The van der Waals surface area contributed by atoms with Gasteiger partial charge in [-0.05, 0) is 20.0 Å². The zero-order valence-corrected chi connectivity index (χ0v) is 6.52. The minimum Gasteiger partial charge on any atom is -0.318 e. The van der Waals surface area contributed by atoms with Gasteiger partial charge in [0.15, 0.2) is 0 Å². The monoisotopic (exact) mass is 147 g/mol. The summed E-state index contributed by atoms with van der Waals surface area (Å²) in [7, 11) is 1.94. The maximum atomic E-state index is 4.83. The zero-order valence-electron chi connectivity index (χ0n) is 6.52. The van der Waals surface area contributed by atoms with Crippen LogP contribution in [0.2, 0.25) is 0 Å². The molecular formula is C6H17N3O. The van der Waals surface area contributed by atoms with Crippen LogP contribution in [0.25, 0.3) is 0 Å². The second-order valence-corrected chi connectivity index (χ2v) is 2.08. The van der Waals surface area contributed by atoms with E-state index < -0.39 is 0 Å². The molecule has 0 aliphatic rings. The normalized spacial score (nSPS) is 10.2. The van der Waals surface area contributed by atoms with Gasteiger partial charge in [0.1, 0.15) is 0 Å². The predicted octanol–water partition coefficient (Wildman–Crippen LogP) is -0.924. The molecular weight excluding hydrogens is 130 g/mol. The molecule has 62 valence electrons. The Kier molecular flexibility index (Phi) is 8.70. The van der Waals surface area contributed by atoms with Gasteiger partial charge in [0.05, 0.1) is 6.61 Å². The van der Waals surface area contributed by atoms with Gasteiger partial charge in [-0.3, -0.25) is 0 Å². The van der Waals surface area contributed by atoms with Gasteiger partial charge in [-0.15, -0.1) is 0 Å². The molecule has 4 nitrogen and oxygen atoms in total. The number of nitrogens with one attached hydrogen (secondary N) is 2. The van der Waals surface area contributed by atoms with E-state index in [2.05, 4.69) is 15.5 Å². The summed E-state index contributed by atoms with van der Waals surface area (Å²) in [6.07, 6.45) is 0.972. The molecule has 0 heterocycles. The summed E-state index contributed by atoms with van der Waals surface area (Å²) in [6, 6.07) is 0. The standard InChI is InChI=1S/C6H17N3O/c1-8-4-5-9-3-2-6-10-7/h8-9H,2-7H2,1H3. The molecule has 0 radical (unpaired) electrons. The highest BCUT2D eigenvalue weighted by molar-refractivity contribution is 4.47. The van der Waals surface area contributed by atoms with Crippen molar-refractivity contribution in [1.29, 1.82) is 0 Å². The quantitative estimate of drug-likeness (QED) is 0.322. The summed E-state index contributed by atoms with van der Waals surface area (Å²) < 4.78 is 0. The molecule has 0 saturated heterocycles. The lowest BCUT2D eigenvalue weighted by Gasteiger charge is -2.02. The fourth-order valence-electron chi connectivity index (χ4n) is 0.619. The Morgan fingerprint density at radius 3 is 2.70 bits per heavy atom. The van der Waals surface area contributed by atoms with Crippen LogP contribution >= 0.6 is 0 Å². The molecule has 0 aromatic heterocycles. The Morgan fingerprint density at radius 1 is 1.30 bits per heavy atom. The van der Waals surface area contributed by atoms with E-state index in [0.717, 1.165) is 26.1 Å². The molecule has 0 spiro atoms. The number of hydrogen-bond donors (Lipinski definition) is 3. The molecule has 0 fully saturated rings. The smallest absolute Gasteiger partial charge is 0.0691 e. The zero-order chi connectivity index (χ0) is 7.66. The van der Waals surface area contributed by atoms with Gasteiger partial charge in [-0.2, -0.15) is 0 Å². The highest BCUT2D eigenvalue weighted by Crippen LogP contribution is 1.73. The van der Waals surface area contributed by atoms with Crippen molar-refractivity contribution in [3.8, 4) is 0 Å². The second kappa shape index (κ2) is 8.84. The van der Waals surface area contributed by atoms with Crippen molar-refractivity contribution in [2.24, 2.45) is 5.90 Å². The van der Waals surface area contributed by atoms with Gasteiger partial charge in [-0.1, -0.05) is 0 Å². The topological polar surface area (TPSA) is 59.3 Å². The minimum atomic E-state index is 0.632. The molecule has 10 heavy (non-hydrogen) atoms. The molecule has 0 saturated carbocycles. The summed E-state index contributed by atoms with van der Waals surface area (Å²) >= 11 is 0. The first-order valence-corrected chi connectivity index (χ1v) is 3.59. The van der Waals surface area contributed by atoms with Crippen molar-refractivity contribution in [2.45, 2.75) is 6.42 Å². The molecule has 0 aromatic rings. The van der Waals surface area contributed by atoms with E-state index >= 15 is 0 Å². The summed E-state index contributed by atoms with van der Waals surface area (Å²) in [5.41, 5.74) is 0. The first kappa shape index (κ1) is 9.84. The third-order valence-corrected chi connectivity index (χ3v) is 1.17. The maximum Gasteiger partial charge on any atom is 0.0691 e. The largest absolute Gasteiger partial charge is 0.318 e. The molecule has 4 heteroatoms. The SMILES string of the molecule is CNCCNCCCON. The number of rotatable bonds is 7. The summed E-state index contributed by atoms with van der Waals surface area (Å²) in [4.78, 5) is 4.39. The van der Waals surface area contributed by atoms with Crippen molar-refractivity contribution < 1.29 is 4.84 Å². The molecule has 0 aromatic carbocycles. The summed E-state index contributed by atoms with van der Waals surface area (Å²) in [6.45, 7) is 3.61. The van der Waals surface area contributed by atoms with Crippen LogP contribution in [0, 0.1) is 0 Å². The first-order valence-electron chi connectivity index (χ1n) is 3.59. The lowest BCUT2D eigenvalue weighted by Crippen LogP contribution is -2.26. The van der Waals surface area contributed by atoms with E-state index in [1.165, 1.54) is 0 Å². The predicted molar refractivity (Wildman–Crippen MR) is 41.6 cm³/mol. The van der Waals surface area contributed by atoms with Crippen LogP contribution in [0.15, 0.2) is 0 Å². The van der Waals surface area contributed by atoms with E-state index in [-0.39, 0.29) is 0 Å². The molecule has 0 atom stereocenters. The average molecular weight is 147 g/mol. The molecule has 0 aliphatic carbocycles. The Balaban J connectivity index is 2.65. The number of nitrogens with two attached hydrogens (primary N) is 1. The van der Waals surface area contributed by atoms with E-state index in [4.69, 9.17) is 5.90 Å². The summed E-state index contributed by atoms with van der Waals surface area (Å²) in [5, 5.41) is 6.26. The van der Waals surface area contributed by atoms with E-state index in [9.17, 15) is 0 Å². The first-order chi connectivity index (χ1) is 4.91. The Morgan fingerprint density at radius 2 is 2.10 bits per heavy atom. The molecule has 0 amide bonds. The lowest BCUT2D eigenvalue weighted by molar-refractivity contribution is 0.135. The van der Waals surface area contributed by atoms with Crippen LogP contribution in [0.4, 0.5) is 0 Å². The molecule has 0 bridgehead atoms. The molecule has 4 N–H and O–H groups in total. The maximum absolute atomic E-state index is 4.83. The van der Waals surface area contributed by atoms with E-state index in [0.29, 0.717) is 6.61 Å². The highest BCUT2D eigenvalue weighted by atomic mass is 16.6. The van der Waals surface area contributed by atoms with Gasteiger partial charge >= 0.3 is 0 Å². The summed E-state index contributed by atoms with van der Waals surface area (Å²) in [5.74, 6) is 4.83. The molecule has 0 rings (SSSR count). The molecule has 0 aliphatic heterocycles. The van der Waals surface area contributed by atoms with Crippen LogP contribution in [-0.2, 0) is 4.84 Å². The van der Waals surface area contributed by atoms with Crippen molar-refractivity contribution >= 4 is 0 Å². The van der Waals surface area contributed by atoms with Crippen LogP contribution in [-0.4, -0.2) is 33.3 Å². The van der Waals surface area contributed by atoms with Crippen LogP contribution in [0.5, 0.6) is 0 Å². The van der Waals surface area contributed by atoms with Crippen molar-refractivity contribution in [1.82, 2.24) is 10.6 Å².